The van der Waals surface area contributed by atoms with Crippen LogP contribution in [0.15, 0.2) is 18.2 Å². The lowest BCUT2D eigenvalue weighted by atomic mass is 10.1. The van der Waals surface area contributed by atoms with Crippen LogP contribution < -0.4 is 0 Å². The van der Waals surface area contributed by atoms with E-state index >= 15 is 0 Å². The fourth-order valence-corrected chi connectivity index (χ4v) is 1.62. The van der Waals surface area contributed by atoms with Gasteiger partial charge in [-0.1, -0.05) is 11.6 Å². The van der Waals surface area contributed by atoms with Crippen LogP contribution in [-0.2, 0) is 0 Å². The Morgan fingerprint density at radius 1 is 1.19 bits per heavy atom. The number of hydrogen-bond donors (Lipinski definition) is 0. The standard InChI is InChI=1S/C11H9ClFN3/c1-6-5-8(3-4-9(6)13)10-11(12)14-7(2)15-16-10/h3-5H,1-2H3. The van der Waals surface area contributed by atoms with E-state index in [0.717, 1.165) is 0 Å². The predicted molar refractivity (Wildman–Crippen MR) is 59.7 cm³/mol. The summed E-state index contributed by atoms with van der Waals surface area (Å²) in [6.45, 7) is 3.39. The zero-order valence-corrected chi connectivity index (χ0v) is 9.59. The van der Waals surface area contributed by atoms with Crippen LogP contribution in [0.2, 0.25) is 5.15 Å². The van der Waals surface area contributed by atoms with Crippen LogP contribution in [0.1, 0.15) is 11.4 Å². The van der Waals surface area contributed by atoms with E-state index in [2.05, 4.69) is 15.2 Å². The Kier molecular flexibility index (Phi) is 2.83. The summed E-state index contributed by atoms with van der Waals surface area (Å²) in [5.41, 5.74) is 1.72. The van der Waals surface area contributed by atoms with Crippen molar-refractivity contribution in [2.24, 2.45) is 0 Å². The summed E-state index contributed by atoms with van der Waals surface area (Å²) >= 11 is 5.95. The van der Waals surface area contributed by atoms with Crippen LogP contribution >= 0.6 is 11.6 Å². The van der Waals surface area contributed by atoms with Gasteiger partial charge in [0, 0.05) is 5.56 Å². The molecule has 0 atom stereocenters. The van der Waals surface area contributed by atoms with E-state index in [0.29, 0.717) is 22.6 Å². The Morgan fingerprint density at radius 3 is 2.56 bits per heavy atom. The van der Waals surface area contributed by atoms with Gasteiger partial charge < -0.3 is 0 Å². The van der Waals surface area contributed by atoms with Gasteiger partial charge in [0.1, 0.15) is 17.3 Å². The molecule has 2 aromatic rings. The van der Waals surface area contributed by atoms with Crippen molar-refractivity contribution in [2.45, 2.75) is 13.8 Å². The minimum atomic E-state index is -0.257. The van der Waals surface area contributed by atoms with Gasteiger partial charge in [0.15, 0.2) is 5.15 Å². The highest BCUT2D eigenvalue weighted by atomic mass is 35.5. The number of rotatable bonds is 1. The fourth-order valence-electron chi connectivity index (χ4n) is 1.35. The average molecular weight is 238 g/mol. The summed E-state index contributed by atoms with van der Waals surface area (Å²) in [5, 5.41) is 8.06. The highest BCUT2D eigenvalue weighted by Gasteiger charge is 2.09. The third kappa shape index (κ3) is 2.02. The Bertz CT molecular complexity index is 543. The third-order valence-electron chi connectivity index (χ3n) is 2.18. The van der Waals surface area contributed by atoms with Gasteiger partial charge in [-0.05, 0) is 37.6 Å². The minimum Gasteiger partial charge on any atom is -0.217 e. The molecule has 1 aromatic carbocycles. The van der Waals surface area contributed by atoms with Gasteiger partial charge in [-0.3, -0.25) is 0 Å². The molecule has 0 radical (unpaired) electrons. The molecule has 0 saturated heterocycles. The lowest BCUT2D eigenvalue weighted by Crippen LogP contribution is -1.96. The predicted octanol–water partition coefficient (Wildman–Crippen LogP) is 2.95. The normalized spacial score (nSPS) is 10.5. The lowest BCUT2D eigenvalue weighted by molar-refractivity contribution is 0.618. The highest BCUT2D eigenvalue weighted by Crippen LogP contribution is 2.24. The van der Waals surface area contributed by atoms with E-state index in [1.165, 1.54) is 6.07 Å². The van der Waals surface area contributed by atoms with Crippen LogP contribution in [0, 0.1) is 19.7 Å². The molecule has 0 aliphatic heterocycles. The topological polar surface area (TPSA) is 38.7 Å². The molecule has 1 aromatic heterocycles. The lowest BCUT2D eigenvalue weighted by Gasteiger charge is -2.04. The highest BCUT2D eigenvalue weighted by molar-refractivity contribution is 6.31. The maximum Gasteiger partial charge on any atom is 0.159 e. The van der Waals surface area contributed by atoms with E-state index in [1.54, 1.807) is 26.0 Å². The molecule has 0 N–H and O–H groups in total. The number of halogens is 2. The zero-order chi connectivity index (χ0) is 11.7. The van der Waals surface area contributed by atoms with E-state index < -0.39 is 0 Å². The van der Waals surface area contributed by atoms with Crippen molar-refractivity contribution in [3.63, 3.8) is 0 Å². The first-order valence-corrected chi connectivity index (χ1v) is 5.09. The monoisotopic (exact) mass is 237 g/mol. The average Bonchev–Trinajstić information content (AvgIpc) is 2.22. The van der Waals surface area contributed by atoms with Crippen molar-refractivity contribution >= 4 is 11.6 Å². The SMILES string of the molecule is Cc1nnc(-c2ccc(F)c(C)c2)c(Cl)n1. The molecule has 0 bridgehead atoms. The number of benzene rings is 1. The molecule has 82 valence electrons. The number of hydrogen-bond acceptors (Lipinski definition) is 3. The Morgan fingerprint density at radius 2 is 1.94 bits per heavy atom. The van der Waals surface area contributed by atoms with E-state index in [1.807, 2.05) is 0 Å². The second-order valence-electron chi connectivity index (χ2n) is 3.46. The van der Waals surface area contributed by atoms with Crippen molar-refractivity contribution in [3.05, 3.63) is 40.6 Å². The quantitative estimate of drug-likeness (QED) is 0.766. The fraction of sp³-hybridized carbons (Fsp3) is 0.182. The number of nitrogens with zero attached hydrogens (tertiary/aromatic N) is 3. The molecule has 2 rings (SSSR count). The maximum absolute atomic E-state index is 13.1. The first-order chi connectivity index (χ1) is 7.58. The largest absolute Gasteiger partial charge is 0.217 e. The van der Waals surface area contributed by atoms with Gasteiger partial charge in [-0.15, -0.1) is 10.2 Å². The minimum absolute atomic E-state index is 0.257. The summed E-state index contributed by atoms with van der Waals surface area (Å²) in [6, 6.07) is 4.65. The maximum atomic E-state index is 13.1. The van der Waals surface area contributed by atoms with E-state index in [9.17, 15) is 4.39 Å². The molecular formula is C11H9ClFN3. The van der Waals surface area contributed by atoms with Crippen molar-refractivity contribution in [3.8, 4) is 11.3 Å². The molecule has 5 heteroatoms. The molecule has 0 unspecified atom stereocenters. The first-order valence-electron chi connectivity index (χ1n) is 4.71. The van der Waals surface area contributed by atoms with Crippen molar-refractivity contribution in [1.29, 1.82) is 0 Å². The molecule has 1 heterocycles. The van der Waals surface area contributed by atoms with Gasteiger partial charge in [0.25, 0.3) is 0 Å². The first kappa shape index (κ1) is 11.0. The zero-order valence-electron chi connectivity index (χ0n) is 8.83. The van der Waals surface area contributed by atoms with Gasteiger partial charge >= 0.3 is 0 Å². The summed E-state index contributed by atoms with van der Waals surface area (Å²) in [5.74, 6) is 0.250. The van der Waals surface area contributed by atoms with Crippen LogP contribution in [0.5, 0.6) is 0 Å². The van der Waals surface area contributed by atoms with Crippen molar-refractivity contribution in [2.75, 3.05) is 0 Å². The van der Waals surface area contributed by atoms with Crippen LogP contribution in [-0.4, -0.2) is 15.2 Å². The van der Waals surface area contributed by atoms with Gasteiger partial charge in [0.2, 0.25) is 0 Å². The molecule has 0 fully saturated rings. The Hall–Kier alpha value is -1.55. The van der Waals surface area contributed by atoms with Gasteiger partial charge in [-0.25, -0.2) is 9.37 Å². The molecule has 3 nitrogen and oxygen atoms in total. The Labute approximate surface area is 97.3 Å². The molecule has 0 aliphatic rings. The van der Waals surface area contributed by atoms with E-state index in [4.69, 9.17) is 11.6 Å². The summed E-state index contributed by atoms with van der Waals surface area (Å²) in [6.07, 6.45) is 0. The van der Waals surface area contributed by atoms with Crippen LogP contribution in [0.25, 0.3) is 11.3 Å². The molecule has 16 heavy (non-hydrogen) atoms. The molecule has 0 spiro atoms. The molecule has 0 amide bonds. The van der Waals surface area contributed by atoms with Crippen molar-refractivity contribution < 1.29 is 4.39 Å². The van der Waals surface area contributed by atoms with Crippen LogP contribution in [0.3, 0.4) is 0 Å². The van der Waals surface area contributed by atoms with Gasteiger partial charge in [-0.2, -0.15) is 0 Å². The molecule has 0 aliphatic carbocycles. The molecule has 0 saturated carbocycles. The van der Waals surface area contributed by atoms with Crippen molar-refractivity contribution in [1.82, 2.24) is 15.2 Å². The Balaban J connectivity index is 2.54. The summed E-state index contributed by atoms with van der Waals surface area (Å²) in [4.78, 5) is 4.00. The molecular weight excluding hydrogens is 229 g/mol. The summed E-state index contributed by atoms with van der Waals surface area (Å²) in [7, 11) is 0. The van der Waals surface area contributed by atoms with E-state index in [-0.39, 0.29) is 11.0 Å². The number of aryl methyl sites for hydroxylation is 2. The second-order valence-corrected chi connectivity index (χ2v) is 3.82. The van der Waals surface area contributed by atoms with Crippen LogP contribution in [0.4, 0.5) is 4.39 Å². The third-order valence-corrected chi connectivity index (χ3v) is 2.44. The van der Waals surface area contributed by atoms with Gasteiger partial charge in [0.05, 0.1) is 0 Å². The smallest absolute Gasteiger partial charge is 0.159 e. The summed E-state index contributed by atoms with van der Waals surface area (Å²) < 4.78 is 13.1. The second kappa shape index (κ2) is 4.14. The number of aromatic nitrogens is 3.